The van der Waals surface area contributed by atoms with E-state index in [1.165, 1.54) is 28.6 Å². The van der Waals surface area contributed by atoms with E-state index in [0.29, 0.717) is 0 Å². The number of hydrogen-bond donors (Lipinski definition) is 2. The van der Waals surface area contributed by atoms with E-state index in [9.17, 15) is 13.2 Å². The van der Waals surface area contributed by atoms with Crippen LogP contribution in [0.5, 0.6) is 0 Å². The summed E-state index contributed by atoms with van der Waals surface area (Å²) in [5.74, 6) is -1.11. The van der Waals surface area contributed by atoms with Crippen LogP contribution in [0, 0.1) is 0 Å². The summed E-state index contributed by atoms with van der Waals surface area (Å²) < 4.78 is 26.5. The van der Waals surface area contributed by atoms with Gasteiger partial charge in [-0.3, -0.25) is 4.31 Å². The Kier molecular flexibility index (Phi) is 4.19. The minimum absolute atomic E-state index is 0.0147. The number of benzene rings is 1. The Morgan fingerprint density at radius 2 is 2.10 bits per heavy atom. The number of carbonyl (C=O) groups is 1. The summed E-state index contributed by atoms with van der Waals surface area (Å²) in [6.45, 7) is 1.88. The van der Waals surface area contributed by atoms with E-state index in [1.807, 2.05) is 0 Å². The molecule has 0 atom stereocenters. The third-order valence-electron chi connectivity index (χ3n) is 2.87. The normalized spacial score (nSPS) is 11.3. The van der Waals surface area contributed by atoms with Gasteiger partial charge in [-0.05, 0) is 36.6 Å². The smallest absolute Gasteiger partial charge is 0.335 e. The van der Waals surface area contributed by atoms with Gasteiger partial charge in [-0.25, -0.2) is 13.2 Å². The average molecular weight is 326 g/mol. The Balaban J connectivity index is 2.50. The molecule has 8 heteroatoms. The summed E-state index contributed by atoms with van der Waals surface area (Å²) in [5, 5.41) is 10.6. The summed E-state index contributed by atoms with van der Waals surface area (Å²) in [5.41, 5.74) is 6.22. The lowest BCUT2D eigenvalue weighted by Gasteiger charge is -2.23. The van der Waals surface area contributed by atoms with Gasteiger partial charge in [-0.15, -0.1) is 11.3 Å². The van der Waals surface area contributed by atoms with Crippen molar-refractivity contribution in [2.24, 2.45) is 0 Å². The standard InChI is InChI=1S/C13H14N2O4S2/c1-2-15(21(18,19)12-4-3-7-20-12)11-6-5-9(13(16)17)8-10(11)14/h3-8H,2,14H2,1H3,(H,16,17). The van der Waals surface area contributed by atoms with Crippen molar-refractivity contribution in [2.75, 3.05) is 16.6 Å². The van der Waals surface area contributed by atoms with Gasteiger partial charge in [0.1, 0.15) is 4.21 Å². The first-order valence-corrected chi connectivity index (χ1v) is 8.39. The Labute approximate surface area is 126 Å². The second kappa shape index (κ2) is 5.74. The highest BCUT2D eigenvalue weighted by Gasteiger charge is 2.26. The van der Waals surface area contributed by atoms with Gasteiger partial charge in [0, 0.05) is 6.54 Å². The molecule has 0 fully saturated rings. The fraction of sp³-hybridized carbons (Fsp3) is 0.154. The second-order valence-electron chi connectivity index (χ2n) is 4.18. The van der Waals surface area contributed by atoms with E-state index in [-0.39, 0.29) is 27.7 Å². The summed E-state index contributed by atoms with van der Waals surface area (Å²) in [7, 11) is -3.69. The Morgan fingerprint density at radius 3 is 2.57 bits per heavy atom. The minimum Gasteiger partial charge on any atom is -0.478 e. The van der Waals surface area contributed by atoms with Crippen molar-refractivity contribution in [3.63, 3.8) is 0 Å². The van der Waals surface area contributed by atoms with Crippen molar-refractivity contribution in [3.05, 3.63) is 41.3 Å². The number of nitrogens with zero attached hydrogens (tertiary/aromatic N) is 1. The number of sulfonamides is 1. The van der Waals surface area contributed by atoms with Gasteiger partial charge < -0.3 is 10.8 Å². The highest BCUT2D eigenvalue weighted by Crippen LogP contribution is 2.31. The first-order valence-electron chi connectivity index (χ1n) is 6.07. The van der Waals surface area contributed by atoms with Crippen molar-refractivity contribution < 1.29 is 18.3 Å². The molecule has 2 aromatic rings. The molecule has 0 radical (unpaired) electrons. The number of thiophene rings is 1. The van der Waals surface area contributed by atoms with Crippen molar-refractivity contribution in [1.29, 1.82) is 0 Å². The van der Waals surface area contributed by atoms with Crippen LogP contribution in [0.3, 0.4) is 0 Å². The van der Waals surface area contributed by atoms with E-state index in [1.54, 1.807) is 18.4 Å². The van der Waals surface area contributed by atoms with Crippen LogP contribution in [0.2, 0.25) is 0 Å². The van der Waals surface area contributed by atoms with Crippen LogP contribution < -0.4 is 10.0 Å². The van der Waals surface area contributed by atoms with Crippen LogP contribution in [0.1, 0.15) is 17.3 Å². The molecule has 0 saturated carbocycles. The van der Waals surface area contributed by atoms with Gasteiger partial charge >= 0.3 is 5.97 Å². The molecule has 1 heterocycles. The molecule has 21 heavy (non-hydrogen) atoms. The van der Waals surface area contributed by atoms with Gasteiger partial charge in [-0.2, -0.15) is 0 Å². The van der Waals surface area contributed by atoms with Crippen LogP contribution in [0.25, 0.3) is 0 Å². The predicted octanol–water partition coefficient (Wildman–Crippen LogP) is 2.24. The van der Waals surface area contributed by atoms with E-state index in [4.69, 9.17) is 10.8 Å². The number of carboxylic acids is 1. The highest BCUT2D eigenvalue weighted by atomic mass is 32.2. The average Bonchev–Trinajstić information content (AvgIpc) is 2.95. The van der Waals surface area contributed by atoms with Crippen molar-refractivity contribution in [3.8, 4) is 0 Å². The summed E-state index contributed by atoms with van der Waals surface area (Å²) in [4.78, 5) is 10.9. The molecule has 0 aliphatic rings. The fourth-order valence-corrected chi connectivity index (χ4v) is 4.51. The zero-order valence-electron chi connectivity index (χ0n) is 11.2. The van der Waals surface area contributed by atoms with Crippen molar-refractivity contribution in [2.45, 2.75) is 11.1 Å². The molecule has 0 bridgehead atoms. The van der Waals surface area contributed by atoms with Crippen LogP contribution in [0.4, 0.5) is 11.4 Å². The SMILES string of the molecule is CCN(c1ccc(C(=O)O)cc1N)S(=O)(=O)c1cccs1. The predicted molar refractivity (Wildman–Crippen MR) is 82.3 cm³/mol. The molecule has 0 aliphatic heterocycles. The topological polar surface area (TPSA) is 101 Å². The summed E-state index contributed by atoms with van der Waals surface area (Å²) in [6, 6.07) is 7.17. The first kappa shape index (κ1) is 15.3. The number of hydrogen-bond acceptors (Lipinski definition) is 5. The van der Waals surface area contributed by atoms with Gasteiger partial charge in [0.25, 0.3) is 10.0 Å². The molecule has 0 spiro atoms. The van der Waals surface area contributed by atoms with Crippen LogP contribution in [0.15, 0.2) is 39.9 Å². The lowest BCUT2D eigenvalue weighted by molar-refractivity contribution is 0.0697. The number of aromatic carboxylic acids is 1. The molecule has 0 saturated heterocycles. The van der Waals surface area contributed by atoms with E-state index in [2.05, 4.69) is 0 Å². The van der Waals surface area contributed by atoms with Gasteiger partial charge in [-0.1, -0.05) is 6.07 Å². The quantitative estimate of drug-likeness (QED) is 0.821. The Bertz CT molecular complexity index is 754. The van der Waals surface area contributed by atoms with Gasteiger partial charge in [0.05, 0.1) is 16.9 Å². The molecule has 0 amide bonds. The monoisotopic (exact) mass is 326 g/mol. The number of carboxylic acid groups (broad SMARTS) is 1. The maximum atomic E-state index is 12.6. The summed E-state index contributed by atoms with van der Waals surface area (Å²) >= 11 is 1.12. The minimum atomic E-state index is -3.69. The molecule has 0 unspecified atom stereocenters. The van der Waals surface area contributed by atoms with E-state index < -0.39 is 16.0 Å². The largest absolute Gasteiger partial charge is 0.478 e. The molecule has 2 rings (SSSR count). The van der Waals surface area contributed by atoms with Crippen molar-refractivity contribution in [1.82, 2.24) is 0 Å². The molecular weight excluding hydrogens is 312 g/mol. The first-order chi connectivity index (χ1) is 9.87. The molecule has 1 aromatic carbocycles. The third kappa shape index (κ3) is 2.86. The molecule has 112 valence electrons. The maximum absolute atomic E-state index is 12.6. The number of nitrogen functional groups attached to an aromatic ring is 1. The van der Waals surface area contributed by atoms with Crippen LogP contribution >= 0.6 is 11.3 Å². The zero-order valence-corrected chi connectivity index (χ0v) is 12.8. The highest BCUT2D eigenvalue weighted by molar-refractivity contribution is 7.94. The summed E-state index contributed by atoms with van der Waals surface area (Å²) in [6.07, 6.45) is 0. The van der Waals surface area contributed by atoms with Gasteiger partial charge in [0.2, 0.25) is 0 Å². The third-order valence-corrected chi connectivity index (χ3v) is 6.13. The van der Waals surface area contributed by atoms with Crippen molar-refractivity contribution >= 4 is 38.7 Å². The number of nitrogens with two attached hydrogens (primary N) is 1. The van der Waals surface area contributed by atoms with Gasteiger partial charge in [0.15, 0.2) is 0 Å². The molecule has 0 aliphatic carbocycles. The van der Waals surface area contributed by atoms with Crippen LogP contribution in [-0.4, -0.2) is 26.0 Å². The van der Waals surface area contributed by atoms with E-state index in [0.717, 1.165) is 11.3 Å². The molecule has 1 aromatic heterocycles. The number of rotatable bonds is 5. The maximum Gasteiger partial charge on any atom is 0.335 e. The molecular formula is C13H14N2O4S2. The van der Waals surface area contributed by atoms with Crippen LogP contribution in [-0.2, 0) is 10.0 Å². The Hall–Kier alpha value is -2.06. The zero-order chi connectivity index (χ0) is 15.6. The number of anilines is 2. The lowest BCUT2D eigenvalue weighted by atomic mass is 10.2. The van der Waals surface area contributed by atoms with E-state index >= 15 is 0 Å². The molecule has 3 N–H and O–H groups in total. The fourth-order valence-electron chi connectivity index (χ4n) is 1.90. The molecule has 6 nitrogen and oxygen atoms in total. The second-order valence-corrected chi connectivity index (χ2v) is 7.22. The lowest BCUT2D eigenvalue weighted by Crippen LogP contribution is -2.31. The Morgan fingerprint density at radius 1 is 1.38 bits per heavy atom.